The number of phenolic OH excluding ortho intramolecular Hbond substituents is 1. The highest BCUT2D eigenvalue weighted by Gasteiger charge is 2.21. The highest BCUT2D eigenvalue weighted by atomic mass is 79.9. The standard InChI is InChI=1S/C23H20BrN3O/c1-14-10-11-25-20(12-14)27-21(17-4-3-5-18(24)13-17)19-9-8-16-7-6-15(2)26-22(16)23(19)28/h3-13,21,28H,1-2H3,(H,25,27)/t21-/m0/s1. The minimum atomic E-state index is -0.279. The monoisotopic (exact) mass is 433 g/mol. The van der Waals surface area contributed by atoms with Crippen LogP contribution >= 0.6 is 15.9 Å². The number of hydrogen-bond acceptors (Lipinski definition) is 4. The number of aromatic nitrogens is 2. The zero-order chi connectivity index (χ0) is 19.7. The van der Waals surface area contributed by atoms with Gasteiger partial charge >= 0.3 is 0 Å². The number of benzene rings is 2. The van der Waals surface area contributed by atoms with Crippen molar-refractivity contribution in [1.82, 2.24) is 9.97 Å². The lowest BCUT2D eigenvalue weighted by Crippen LogP contribution is -2.14. The lowest BCUT2D eigenvalue weighted by atomic mass is 9.96. The molecule has 0 bridgehead atoms. The first kappa shape index (κ1) is 18.4. The Kier molecular flexibility index (Phi) is 5.01. The van der Waals surface area contributed by atoms with Crippen LogP contribution in [0.15, 0.2) is 71.3 Å². The van der Waals surface area contributed by atoms with E-state index in [4.69, 9.17) is 0 Å². The molecule has 140 valence electrons. The Labute approximate surface area is 172 Å². The molecule has 2 N–H and O–H groups in total. The van der Waals surface area contributed by atoms with E-state index in [0.717, 1.165) is 38.1 Å². The molecule has 28 heavy (non-hydrogen) atoms. The molecule has 5 heteroatoms. The van der Waals surface area contributed by atoms with Crippen LogP contribution in [0.1, 0.15) is 28.4 Å². The van der Waals surface area contributed by atoms with E-state index in [0.29, 0.717) is 5.52 Å². The van der Waals surface area contributed by atoms with E-state index >= 15 is 0 Å². The summed E-state index contributed by atoms with van der Waals surface area (Å²) in [5.74, 6) is 0.938. The van der Waals surface area contributed by atoms with Gasteiger partial charge in [-0.25, -0.2) is 9.97 Å². The zero-order valence-corrected chi connectivity index (χ0v) is 17.2. The second-order valence-corrected chi connectivity index (χ2v) is 7.79. The van der Waals surface area contributed by atoms with Gasteiger partial charge in [0.1, 0.15) is 17.1 Å². The molecule has 2 heterocycles. The molecule has 4 rings (SSSR count). The normalized spacial score (nSPS) is 12.1. The van der Waals surface area contributed by atoms with Gasteiger partial charge in [0, 0.05) is 27.3 Å². The number of phenols is 1. The average molecular weight is 434 g/mol. The maximum absolute atomic E-state index is 11.1. The second kappa shape index (κ2) is 7.60. The van der Waals surface area contributed by atoms with Crippen molar-refractivity contribution in [3.05, 3.63) is 93.7 Å². The molecule has 4 nitrogen and oxygen atoms in total. The molecule has 0 spiro atoms. The van der Waals surface area contributed by atoms with Gasteiger partial charge < -0.3 is 10.4 Å². The third-order valence-corrected chi connectivity index (χ3v) is 5.20. The molecular formula is C23H20BrN3O. The number of nitrogens with one attached hydrogen (secondary N) is 1. The quantitative estimate of drug-likeness (QED) is 0.419. The van der Waals surface area contributed by atoms with Crippen molar-refractivity contribution in [1.29, 1.82) is 0 Å². The number of nitrogens with zero attached hydrogens (tertiary/aromatic N) is 2. The summed E-state index contributed by atoms with van der Waals surface area (Å²) in [5, 5.41) is 15.5. The first-order valence-electron chi connectivity index (χ1n) is 9.05. The van der Waals surface area contributed by atoms with Crippen molar-refractivity contribution < 1.29 is 5.11 Å². The zero-order valence-electron chi connectivity index (χ0n) is 15.6. The molecule has 0 unspecified atom stereocenters. The summed E-state index contributed by atoms with van der Waals surface area (Å²) in [4.78, 5) is 8.99. The average Bonchev–Trinajstić information content (AvgIpc) is 2.67. The minimum Gasteiger partial charge on any atom is -0.505 e. The summed E-state index contributed by atoms with van der Waals surface area (Å²) in [6.07, 6.45) is 1.78. The Hall–Kier alpha value is -2.92. The van der Waals surface area contributed by atoms with Crippen LogP contribution in [0.25, 0.3) is 10.9 Å². The van der Waals surface area contributed by atoms with Gasteiger partial charge in [-0.3, -0.25) is 0 Å². The molecule has 4 aromatic rings. The lowest BCUT2D eigenvalue weighted by molar-refractivity contribution is 0.471. The molecule has 1 atom stereocenters. The topological polar surface area (TPSA) is 58.0 Å². The molecule has 0 saturated heterocycles. The molecule has 0 aliphatic rings. The van der Waals surface area contributed by atoms with Crippen molar-refractivity contribution in [3.63, 3.8) is 0 Å². The smallest absolute Gasteiger partial charge is 0.147 e. The van der Waals surface area contributed by atoms with Crippen molar-refractivity contribution in [2.45, 2.75) is 19.9 Å². The lowest BCUT2D eigenvalue weighted by Gasteiger charge is -2.22. The molecule has 0 aliphatic heterocycles. The number of aryl methyl sites for hydroxylation is 2. The molecule has 0 saturated carbocycles. The van der Waals surface area contributed by atoms with E-state index in [1.165, 1.54) is 0 Å². The van der Waals surface area contributed by atoms with E-state index in [9.17, 15) is 5.11 Å². The van der Waals surface area contributed by atoms with Crippen LogP contribution in [0, 0.1) is 13.8 Å². The Morgan fingerprint density at radius 2 is 1.82 bits per heavy atom. The van der Waals surface area contributed by atoms with E-state index in [1.807, 2.05) is 74.5 Å². The summed E-state index contributed by atoms with van der Waals surface area (Å²) in [6.45, 7) is 3.95. The summed E-state index contributed by atoms with van der Waals surface area (Å²) < 4.78 is 0.975. The van der Waals surface area contributed by atoms with Gasteiger partial charge in [0.25, 0.3) is 0 Å². The van der Waals surface area contributed by atoms with Gasteiger partial charge in [-0.15, -0.1) is 0 Å². The van der Waals surface area contributed by atoms with Crippen LogP contribution in [0.4, 0.5) is 5.82 Å². The Balaban J connectivity index is 1.87. The first-order chi connectivity index (χ1) is 13.5. The van der Waals surface area contributed by atoms with E-state index in [-0.39, 0.29) is 11.8 Å². The number of halogens is 1. The fraction of sp³-hybridized carbons (Fsp3) is 0.130. The number of anilines is 1. The third-order valence-electron chi connectivity index (χ3n) is 4.71. The minimum absolute atomic E-state index is 0.186. The van der Waals surface area contributed by atoms with Crippen molar-refractivity contribution >= 4 is 32.7 Å². The van der Waals surface area contributed by atoms with E-state index in [1.54, 1.807) is 6.20 Å². The highest BCUT2D eigenvalue weighted by molar-refractivity contribution is 9.10. The predicted molar refractivity (Wildman–Crippen MR) is 117 cm³/mol. The molecule has 0 aliphatic carbocycles. The fourth-order valence-corrected chi connectivity index (χ4v) is 3.73. The van der Waals surface area contributed by atoms with Gasteiger partial charge in [0.05, 0.1) is 6.04 Å². The van der Waals surface area contributed by atoms with Gasteiger partial charge in [-0.2, -0.15) is 0 Å². The van der Waals surface area contributed by atoms with Crippen LogP contribution in [0.2, 0.25) is 0 Å². The number of pyridine rings is 2. The molecule has 0 amide bonds. The first-order valence-corrected chi connectivity index (χ1v) is 9.84. The highest BCUT2D eigenvalue weighted by Crippen LogP contribution is 2.37. The van der Waals surface area contributed by atoms with Crippen molar-refractivity contribution in [3.8, 4) is 5.75 Å². The number of hydrogen-bond donors (Lipinski definition) is 2. The molecule has 0 radical (unpaired) electrons. The van der Waals surface area contributed by atoms with E-state index < -0.39 is 0 Å². The van der Waals surface area contributed by atoms with Crippen LogP contribution < -0.4 is 5.32 Å². The number of rotatable bonds is 4. The second-order valence-electron chi connectivity index (χ2n) is 6.88. The maximum Gasteiger partial charge on any atom is 0.147 e. The summed E-state index contributed by atoms with van der Waals surface area (Å²) >= 11 is 3.55. The molecular weight excluding hydrogens is 414 g/mol. The maximum atomic E-state index is 11.1. The summed E-state index contributed by atoms with van der Waals surface area (Å²) in [7, 11) is 0. The van der Waals surface area contributed by atoms with Crippen LogP contribution in [0.3, 0.4) is 0 Å². The van der Waals surface area contributed by atoms with Gasteiger partial charge in [0.2, 0.25) is 0 Å². The van der Waals surface area contributed by atoms with Gasteiger partial charge in [-0.05, 0) is 55.3 Å². The number of fused-ring (bicyclic) bond motifs is 1. The van der Waals surface area contributed by atoms with Crippen LogP contribution in [-0.2, 0) is 0 Å². The number of aromatic hydroxyl groups is 1. The van der Waals surface area contributed by atoms with E-state index in [2.05, 4.69) is 31.2 Å². The van der Waals surface area contributed by atoms with Gasteiger partial charge in [0.15, 0.2) is 0 Å². The molecule has 2 aromatic carbocycles. The van der Waals surface area contributed by atoms with Crippen molar-refractivity contribution in [2.24, 2.45) is 0 Å². The third kappa shape index (κ3) is 3.71. The van der Waals surface area contributed by atoms with Crippen LogP contribution in [-0.4, -0.2) is 15.1 Å². The van der Waals surface area contributed by atoms with Crippen LogP contribution in [0.5, 0.6) is 5.75 Å². The summed E-state index contributed by atoms with van der Waals surface area (Å²) in [5.41, 5.74) is 4.36. The van der Waals surface area contributed by atoms with Crippen molar-refractivity contribution in [2.75, 3.05) is 5.32 Å². The molecule has 2 aromatic heterocycles. The fourth-order valence-electron chi connectivity index (χ4n) is 3.31. The summed E-state index contributed by atoms with van der Waals surface area (Å²) in [6, 6.07) is 19.6. The largest absolute Gasteiger partial charge is 0.505 e. The SMILES string of the molecule is Cc1ccnc(N[C@@H](c2cccc(Br)c2)c2ccc3ccc(C)nc3c2O)c1. The Bertz CT molecular complexity index is 1160. The molecule has 0 fully saturated rings. The Morgan fingerprint density at radius 1 is 1.00 bits per heavy atom. The predicted octanol–water partition coefficient (Wildman–Crippen LogP) is 5.92. The Morgan fingerprint density at radius 3 is 2.61 bits per heavy atom. The van der Waals surface area contributed by atoms with Gasteiger partial charge in [-0.1, -0.05) is 46.3 Å².